The summed E-state index contributed by atoms with van der Waals surface area (Å²) in [6, 6.07) is 9.77. The smallest absolute Gasteiger partial charge is 0.320 e. The molecule has 26 heavy (non-hydrogen) atoms. The molecule has 0 spiro atoms. The van der Waals surface area contributed by atoms with Gasteiger partial charge >= 0.3 is 5.97 Å². The second kappa shape index (κ2) is 8.11. The number of hydrogen-bond donors (Lipinski definition) is 3. The van der Waals surface area contributed by atoms with Gasteiger partial charge in [0.05, 0.1) is 11.4 Å². The van der Waals surface area contributed by atoms with Crippen LogP contribution in [0.15, 0.2) is 41.8 Å². The number of nitrogens with zero attached hydrogens (tertiary/aromatic N) is 1. The molecule has 7 nitrogen and oxygen atoms in total. The normalized spacial score (nSPS) is 17.0. The van der Waals surface area contributed by atoms with E-state index in [9.17, 15) is 14.4 Å². The van der Waals surface area contributed by atoms with Crippen LogP contribution in [0.5, 0.6) is 0 Å². The summed E-state index contributed by atoms with van der Waals surface area (Å²) in [5.74, 6) is -1.32. The second-order valence-electron chi connectivity index (χ2n) is 6.02. The maximum absolute atomic E-state index is 12.1. The number of anilines is 2. The topological polar surface area (TPSA) is 98.7 Å². The lowest BCUT2D eigenvalue weighted by molar-refractivity contribution is -0.142. The van der Waals surface area contributed by atoms with Gasteiger partial charge in [0.15, 0.2) is 0 Å². The minimum atomic E-state index is -0.888. The van der Waals surface area contributed by atoms with Crippen LogP contribution in [0.4, 0.5) is 11.4 Å². The van der Waals surface area contributed by atoms with Crippen molar-refractivity contribution in [2.24, 2.45) is 0 Å². The molecule has 1 saturated heterocycles. The Bertz CT molecular complexity index is 789. The highest BCUT2D eigenvalue weighted by atomic mass is 32.1. The zero-order valence-electron chi connectivity index (χ0n) is 14.0. The summed E-state index contributed by atoms with van der Waals surface area (Å²) in [5, 5.41) is 16.5. The number of carbonyl (C=O) groups excluding carboxylic acids is 2. The zero-order chi connectivity index (χ0) is 18.5. The van der Waals surface area contributed by atoms with Gasteiger partial charge < -0.3 is 15.7 Å². The quantitative estimate of drug-likeness (QED) is 0.723. The Morgan fingerprint density at radius 3 is 2.42 bits per heavy atom. The average Bonchev–Trinajstić information content (AvgIpc) is 3.28. The summed E-state index contributed by atoms with van der Waals surface area (Å²) >= 11 is 1.36. The molecule has 1 aromatic heterocycles. The van der Waals surface area contributed by atoms with Gasteiger partial charge in [-0.2, -0.15) is 0 Å². The summed E-state index contributed by atoms with van der Waals surface area (Å²) in [6.45, 7) is 0.659. The Morgan fingerprint density at radius 2 is 1.81 bits per heavy atom. The van der Waals surface area contributed by atoms with Crippen molar-refractivity contribution in [3.63, 3.8) is 0 Å². The van der Waals surface area contributed by atoms with Crippen molar-refractivity contribution >= 4 is 40.5 Å². The number of aliphatic carboxylic acids is 1. The molecule has 1 aliphatic heterocycles. The lowest BCUT2D eigenvalue weighted by atomic mass is 10.2. The SMILES string of the molecule is O=C(CN1CCCC1C(=O)O)Nc1ccc(NC(=O)c2cccs2)cc1. The molecule has 0 bridgehead atoms. The third-order valence-corrected chi connectivity index (χ3v) is 5.04. The molecule has 0 radical (unpaired) electrons. The van der Waals surface area contributed by atoms with Crippen LogP contribution >= 0.6 is 11.3 Å². The first kappa shape index (κ1) is 18.1. The van der Waals surface area contributed by atoms with E-state index in [1.165, 1.54) is 11.3 Å². The highest BCUT2D eigenvalue weighted by Crippen LogP contribution is 2.19. The molecule has 1 atom stereocenters. The first-order valence-corrected chi connectivity index (χ1v) is 9.12. The number of thiophene rings is 1. The Hall–Kier alpha value is -2.71. The first-order valence-electron chi connectivity index (χ1n) is 8.24. The van der Waals surface area contributed by atoms with Crippen molar-refractivity contribution in [1.82, 2.24) is 4.90 Å². The lowest BCUT2D eigenvalue weighted by Crippen LogP contribution is -2.40. The van der Waals surface area contributed by atoms with Gasteiger partial charge in [0.1, 0.15) is 6.04 Å². The van der Waals surface area contributed by atoms with E-state index >= 15 is 0 Å². The van der Waals surface area contributed by atoms with Crippen molar-refractivity contribution in [3.05, 3.63) is 46.7 Å². The molecule has 0 saturated carbocycles. The molecular weight excluding hydrogens is 354 g/mol. The van der Waals surface area contributed by atoms with Crippen LogP contribution in [0.25, 0.3) is 0 Å². The van der Waals surface area contributed by atoms with E-state index in [0.717, 1.165) is 6.42 Å². The molecule has 0 aliphatic carbocycles. The van der Waals surface area contributed by atoms with Crippen LogP contribution in [0.2, 0.25) is 0 Å². The number of amides is 2. The Labute approximate surface area is 154 Å². The predicted octanol–water partition coefficient (Wildman–Crippen LogP) is 2.49. The maximum atomic E-state index is 12.1. The Balaban J connectivity index is 1.53. The highest BCUT2D eigenvalue weighted by Gasteiger charge is 2.31. The molecule has 1 aromatic carbocycles. The van der Waals surface area contributed by atoms with Gasteiger partial charge in [0, 0.05) is 11.4 Å². The van der Waals surface area contributed by atoms with Crippen LogP contribution in [0.1, 0.15) is 22.5 Å². The third-order valence-electron chi connectivity index (χ3n) is 4.17. The molecule has 136 valence electrons. The number of nitrogens with one attached hydrogen (secondary N) is 2. The largest absolute Gasteiger partial charge is 0.480 e. The molecule has 1 unspecified atom stereocenters. The van der Waals surface area contributed by atoms with Gasteiger partial charge in [-0.05, 0) is 55.1 Å². The molecule has 3 N–H and O–H groups in total. The Morgan fingerprint density at radius 1 is 1.12 bits per heavy atom. The van der Waals surface area contributed by atoms with Crippen LogP contribution in [0, 0.1) is 0 Å². The summed E-state index contributed by atoms with van der Waals surface area (Å²) in [7, 11) is 0. The Kier molecular flexibility index (Phi) is 5.65. The maximum Gasteiger partial charge on any atom is 0.320 e. The van der Waals surface area contributed by atoms with E-state index in [1.807, 2.05) is 11.4 Å². The predicted molar refractivity (Wildman–Crippen MR) is 99.6 cm³/mol. The fraction of sp³-hybridized carbons (Fsp3) is 0.278. The number of hydrogen-bond acceptors (Lipinski definition) is 5. The van der Waals surface area contributed by atoms with Crippen molar-refractivity contribution in [3.8, 4) is 0 Å². The van der Waals surface area contributed by atoms with E-state index < -0.39 is 12.0 Å². The van der Waals surface area contributed by atoms with Crippen molar-refractivity contribution in [1.29, 1.82) is 0 Å². The fourth-order valence-corrected chi connectivity index (χ4v) is 3.54. The first-order chi connectivity index (χ1) is 12.5. The van der Waals surface area contributed by atoms with Gasteiger partial charge in [0.25, 0.3) is 5.91 Å². The molecule has 2 heterocycles. The summed E-state index contributed by atoms with van der Waals surface area (Å²) in [4.78, 5) is 37.6. The van der Waals surface area contributed by atoms with E-state index in [1.54, 1.807) is 35.2 Å². The van der Waals surface area contributed by atoms with E-state index in [-0.39, 0.29) is 18.4 Å². The van der Waals surface area contributed by atoms with Gasteiger partial charge in [-0.1, -0.05) is 6.07 Å². The zero-order valence-corrected chi connectivity index (χ0v) is 14.8. The number of carbonyl (C=O) groups is 3. The van der Waals surface area contributed by atoms with E-state index in [0.29, 0.717) is 29.2 Å². The van der Waals surface area contributed by atoms with Gasteiger partial charge in [-0.25, -0.2) is 0 Å². The monoisotopic (exact) mass is 373 g/mol. The lowest BCUT2D eigenvalue weighted by Gasteiger charge is -2.20. The number of likely N-dealkylation sites (tertiary alicyclic amines) is 1. The standard InChI is InChI=1S/C18H19N3O4S/c22-16(11-21-9-1-3-14(21)18(24)25)19-12-5-7-13(8-6-12)20-17(23)15-4-2-10-26-15/h2,4-8,10,14H,1,3,9,11H2,(H,19,22)(H,20,23)(H,24,25). The van der Waals surface area contributed by atoms with Crippen molar-refractivity contribution in [2.45, 2.75) is 18.9 Å². The summed E-state index contributed by atoms with van der Waals surface area (Å²) < 4.78 is 0. The highest BCUT2D eigenvalue weighted by molar-refractivity contribution is 7.12. The minimum Gasteiger partial charge on any atom is -0.480 e. The second-order valence-corrected chi connectivity index (χ2v) is 6.97. The molecule has 8 heteroatoms. The van der Waals surface area contributed by atoms with Gasteiger partial charge in [-0.15, -0.1) is 11.3 Å². The molecular formula is C18H19N3O4S. The molecule has 2 amide bonds. The van der Waals surface area contributed by atoms with E-state index in [2.05, 4.69) is 10.6 Å². The summed E-state index contributed by atoms with van der Waals surface area (Å²) in [5.41, 5.74) is 1.22. The van der Waals surface area contributed by atoms with Crippen LogP contribution in [-0.2, 0) is 9.59 Å². The van der Waals surface area contributed by atoms with Crippen molar-refractivity contribution < 1.29 is 19.5 Å². The molecule has 1 fully saturated rings. The van der Waals surface area contributed by atoms with Crippen molar-refractivity contribution in [2.75, 3.05) is 23.7 Å². The van der Waals surface area contributed by atoms with Gasteiger partial charge in [0.2, 0.25) is 5.91 Å². The van der Waals surface area contributed by atoms with Crippen LogP contribution in [-0.4, -0.2) is 46.9 Å². The minimum absolute atomic E-state index is 0.0494. The van der Waals surface area contributed by atoms with E-state index in [4.69, 9.17) is 5.11 Å². The number of carboxylic acids is 1. The third kappa shape index (κ3) is 4.47. The number of carboxylic acid groups (broad SMARTS) is 1. The number of benzene rings is 1. The van der Waals surface area contributed by atoms with Gasteiger partial charge in [-0.3, -0.25) is 19.3 Å². The fourth-order valence-electron chi connectivity index (χ4n) is 2.92. The van der Waals surface area contributed by atoms with Crippen LogP contribution < -0.4 is 10.6 Å². The molecule has 3 rings (SSSR count). The van der Waals surface area contributed by atoms with Crippen LogP contribution in [0.3, 0.4) is 0 Å². The molecule has 2 aromatic rings. The number of rotatable bonds is 6. The summed E-state index contributed by atoms with van der Waals surface area (Å²) in [6.07, 6.45) is 1.35. The molecule has 1 aliphatic rings. The average molecular weight is 373 g/mol.